The zero-order valence-electron chi connectivity index (χ0n) is 14.7. The number of amides is 1. The van der Waals surface area contributed by atoms with Crippen LogP contribution in [0.1, 0.15) is 19.4 Å². The number of fused-ring (bicyclic) bond motifs is 1. The molecule has 7 nitrogen and oxygen atoms in total. The fraction of sp³-hybridized carbons (Fsp3) is 0.294. The van der Waals surface area contributed by atoms with Gasteiger partial charge in [0, 0.05) is 12.3 Å². The Morgan fingerprint density at radius 2 is 1.96 bits per heavy atom. The first kappa shape index (κ1) is 18.5. The van der Waals surface area contributed by atoms with Gasteiger partial charge in [0.25, 0.3) is 5.91 Å². The van der Waals surface area contributed by atoms with Gasteiger partial charge in [0.15, 0.2) is 5.60 Å². The first-order valence-corrected chi connectivity index (χ1v) is 10.0. The van der Waals surface area contributed by atoms with Crippen LogP contribution in [0.15, 0.2) is 30.5 Å². The second-order valence-corrected chi connectivity index (χ2v) is 8.79. The number of hydrogen-bond acceptors (Lipinski definition) is 5. The van der Waals surface area contributed by atoms with Crippen molar-refractivity contribution in [2.24, 2.45) is 0 Å². The van der Waals surface area contributed by atoms with E-state index >= 15 is 0 Å². The lowest BCUT2D eigenvalue weighted by atomic mass is 10.0. The van der Waals surface area contributed by atoms with Gasteiger partial charge < -0.3 is 4.74 Å². The van der Waals surface area contributed by atoms with Gasteiger partial charge in [0.1, 0.15) is 11.6 Å². The number of halogens is 1. The van der Waals surface area contributed by atoms with Crippen LogP contribution in [-0.4, -0.2) is 31.2 Å². The zero-order chi connectivity index (χ0) is 19.3. The van der Waals surface area contributed by atoms with Crippen LogP contribution in [0.2, 0.25) is 5.02 Å². The van der Waals surface area contributed by atoms with Crippen molar-refractivity contribution in [2.75, 3.05) is 15.9 Å². The lowest BCUT2D eigenvalue weighted by Crippen LogP contribution is -2.51. The van der Waals surface area contributed by atoms with Crippen molar-refractivity contribution in [2.45, 2.75) is 26.4 Å². The van der Waals surface area contributed by atoms with E-state index in [0.717, 1.165) is 11.8 Å². The van der Waals surface area contributed by atoms with E-state index < -0.39 is 15.6 Å². The molecule has 1 aromatic carbocycles. The van der Waals surface area contributed by atoms with Crippen LogP contribution < -0.4 is 14.4 Å². The molecule has 138 valence electrons. The van der Waals surface area contributed by atoms with Gasteiger partial charge in [-0.1, -0.05) is 11.6 Å². The Labute approximate surface area is 157 Å². The molecule has 0 fully saturated rings. The number of aryl methyl sites for hydroxylation is 1. The maximum Gasteiger partial charge on any atom is 0.276 e. The standard InChI is InChI=1S/C17H18ClN3O4S/c1-10-7-11(18)9-19-15(10)21-13-6-5-12(20-26(4,23)24)8-14(13)25-17(2,3)16(21)22/h5-9,20H,1-4H3. The summed E-state index contributed by atoms with van der Waals surface area (Å²) in [6, 6.07) is 6.44. The van der Waals surface area contributed by atoms with Gasteiger partial charge in [-0.3, -0.25) is 14.4 Å². The monoisotopic (exact) mass is 395 g/mol. The van der Waals surface area contributed by atoms with Crippen molar-refractivity contribution in [3.63, 3.8) is 0 Å². The summed E-state index contributed by atoms with van der Waals surface area (Å²) in [7, 11) is -3.43. The molecule has 3 rings (SSSR count). The second kappa shape index (κ2) is 6.14. The number of nitrogens with one attached hydrogen (secondary N) is 1. The molecule has 0 saturated heterocycles. The van der Waals surface area contributed by atoms with Crippen LogP contribution in [0.3, 0.4) is 0 Å². The minimum Gasteiger partial charge on any atom is -0.476 e. The van der Waals surface area contributed by atoms with Gasteiger partial charge in [-0.2, -0.15) is 0 Å². The molecule has 0 bridgehead atoms. The van der Waals surface area contributed by atoms with E-state index in [4.69, 9.17) is 16.3 Å². The highest BCUT2D eigenvalue weighted by Crippen LogP contribution is 2.43. The van der Waals surface area contributed by atoms with E-state index in [1.807, 2.05) is 6.92 Å². The highest BCUT2D eigenvalue weighted by atomic mass is 35.5. The predicted octanol–water partition coefficient (Wildman–Crippen LogP) is 3.25. The number of aromatic nitrogens is 1. The van der Waals surface area contributed by atoms with Gasteiger partial charge in [-0.15, -0.1) is 0 Å². The number of anilines is 3. The van der Waals surface area contributed by atoms with Crippen molar-refractivity contribution >= 4 is 44.7 Å². The molecule has 0 atom stereocenters. The highest BCUT2D eigenvalue weighted by molar-refractivity contribution is 7.92. The van der Waals surface area contributed by atoms with Crippen LogP contribution in [-0.2, 0) is 14.8 Å². The summed E-state index contributed by atoms with van der Waals surface area (Å²) in [4.78, 5) is 18.7. The summed E-state index contributed by atoms with van der Waals surface area (Å²) in [5.74, 6) is 0.534. The summed E-state index contributed by atoms with van der Waals surface area (Å²) in [5.41, 5.74) is 0.404. The maximum atomic E-state index is 13.0. The zero-order valence-corrected chi connectivity index (χ0v) is 16.3. The molecule has 0 unspecified atom stereocenters. The number of pyridine rings is 1. The minimum absolute atomic E-state index is 0.285. The van der Waals surface area contributed by atoms with Crippen LogP contribution >= 0.6 is 11.6 Å². The minimum atomic E-state index is -3.43. The Kier molecular flexibility index (Phi) is 4.36. The van der Waals surface area contributed by atoms with Crippen molar-refractivity contribution in [3.8, 4) is 5.75 Å². The Morgan fingerprint density at radius 3 is 2.58 bits per heavy atom. The molecule has 0 radical (unpaired) electrons. The van der Waals surface area contributed by atoms with Crippen LogP contribution in [0.25, 0.3) is 0 Å². The van der Waals surface area contributed by atoms with E-state index in [1.54, 1.807) is 38.1 Å². The molecule has 2 aromatic rings. The Bertz CT molecular complexity index is 1010. The van der Waals surface area contributed by atoms with Gasteiger partial charge >= 0.3 is 0 Å². The van der Waals surface area contributed by atoms with Gasteiger partial charge in [0.2, 0.25) is 10.0 Å². The fourth-order valence-corrected chi connectivity index (χ4v) is 3.50. The molecule has 1 aromatic heterocycles. The second-order valence-electron chi connectivity index (χ2n) is 6.60. The van der Waals surface area contributed by atoms with Gasteiger partial charge in [-0.25, -0.2) is 13.4 Å². The summed E-state index contributed by atoms with van der Waals surface area (Å²) in [5, 5.41) is 0.471. The Hall–Kier alpha value is -2.32. The Balaban J connectivity index is 2.16. The molecule has 1 N–H and O–H groups in total. The number of ether oxygens (including phenoxy) is 1. The number of rotatable bonds is 3. The van der Waals surface area contributed by atoms with E-state index in [2.05, 4.69) is 9.71 Å². The molecule has 2 heterocycles. The van der Waals surface area contributed by atoms with Crippen LogP contribution in [0, 0.1) is 6.92 Å². The molecule has 26 heavy (non-hydrogen) atoms. The van der Waals surface area contributed by atoms with E-state index in [0.29, 0.717) is 28.0 Å². The molecule has 1 amide bonds. The van der Waals surface area contributed by atoms with Crippen LogP contribution in [0.4, 0.5) is 17.2 Å². The van der Waals surface area contributed by atoms with Gasteiger partial charge in [0.05, 0.1) is 22.7 Å². The number of benzene rings is 1. The average Bonchev–Trinajstić information content (AvgIpc) is 2.48. The van der Waals surface area contributed by atoms with E-state index in [9.17, 15) is 13.2 Å². The number of nitrogens with zero attached hydrogens (tertiary/aromatic N) is 2. The number of hydrogen-bond donors (Lipinski definition) is 1. The lowest BCUT2D eigenvalue weighted by Gasteiger charge is -2.38. The predicted molar refractivity (Wildman–Crippen MR) is 101 cm³/mol. The Morgan fingerprint density at radius 1 is 1.27 bits per heavy atom. The maximum absolute atomic E-state index is 13.0. The number of carbonyl (C=O) groups is 1. The van der Waals surface area contributed by atoms with E-state index in [-0.39, 0.29) is 5.91 Å². The molecular formula is C17H18ClN3O4S. The molecule has 1 aliphatic rings. The normalized spacial score (nSPS) is 16.0. The topological polar surface area (TPSA) is 88.6 Å². The molecule has 9 heteroatoms. The molecule has 0 aliphatic carbocycles. The molecule has 0 saturated carbocycles. The van der Waals surface area contributed by atoms with Gasteiger partial charge in [-0.05, 0) is 44.5 Å². The SMILES string of the molecule is Cc1cc(Cl)cnc1N1C(=O)C(C)(C)Oc2cc(NS(C)(=O)=O)ccc21. The quantitative estimate of drug-likeness (QED) is 0.861. The third kappa shape index (κ3) is 3.47. The molecule has 0 spiro atoms. The molecule has 1 aliphatic heterocycles. The number of sulfonamides is 1. The highest BCUT2D eigenvalue weighted by Gasteiger charge is 2.42. The largest absolute Gasteiger partial charge is 0.476 e. The van der Waals surface area contributed by atoms with Crippen LogP contribution in [0.5, 0.6) is 5.75 Å². The first-order chi connectivity index (χ1) is 12.0. The lowest BCUT2D eigenvalue weighted by molar-refractivity contribution is -0.131. The van der Waals surface area contributed by atoms with Crippen molar-refractivity contribution in [1.82, 2.24) is 4.98 Å². The summed E-state index contributed by atoms with van der Waals surface area (Å²) in [6.07, 6.45) is 2.53. The van der Waals surface area contributed by atoms with E-state index in [1.165, 1.54) is 11.1 Å². The third-order valence-electron chi connectivity index (χ3n) is 3.82. The average molecular weight is 396 g/mol. The van der Waals surface area contributed by atoms with Crippen molar-refractivity contribution in [1.29, 1.82) is 0 Å². The fourth-order valence-electron chi connectivity index (χ4n) is 2.73. The first-order valence-electron chi connectivity index (χ1n) is 7.75. The summed E-state index contributed by atoms with van der Waals surface area (Å²) < 4.78 is 31.2. The summed E-state index contributed by atoms with van der Waals surface area (Å²) in [6.45, 7) is 5.10. The third-order valence-corrected chi connectivity index (χ3v) is 4.63. The van der Waals surface area contributed by atoms with Crippen molar-refractivity contribution in [3.05, 3.63) is 41.0 Å². The number of carbonyl (C=O) groups excluding carboxylic acids is 1. The summed E-state index contributed by atoms with van der Waals surface area (Å²) >= 11 is 5.98. The smallest absolute Gasteiger partial charge is 0.276 e. The molecular weight excluding hydrogens is 378 g/mol. The van der Waals surface area contributed by atoms with Crippen molar-refractivity contribution < 1.29 is 17.9 Å².